The Kier molecular flexibility index (Phi) is 2.06. The standard InChI is InChI=1S/C8H12O/c1-7(9)6-8-4-2-3-5-8/h2,4-5,7,9H,3,6H2,1H3. The second-order valence-electron chi connectivity index (χ2n) is 2.47. The van der Waals surface area contributed by atoms with Crippen LogP contribution in [0.5, 0.6) is 0 Å². The summed E-state index contributed by atoms with van der Waals surface area (Å²) < 4.78 is 0. The van der Waals surface area contributed by atoms with Gasteiger partial charge in [-0.15, -0.1) is 0 Å². The maximum Gasteiger partial charge on any atom is 0.0552 e. The van der Waals surface area contributed by atoms with Gasteiger partial charge in [0.15, 0.2) is 0 Å². The first-order valence-corrected chi connectivity index (χ1v) is 3.32. The molecule has 0 bridgehead atoms. The SMILES string of the molecule is CC(O)CC1=CCC=C1. The van der Waals surface area contributed by atoms with Crippen molar-refractivity contribution in [3.63, 3.8) is 0 Å². The number of hydrogen-bond donors (Lipinski definition) is 1. The van der Waals surface area contributed by atoms with E-state index in [9.17, 15) is 0 Å². The Balaban J connectivity index is 2.35. The van der Waals surface area contributed by atoms with Crippen molar-refractivity contribution in [3.05, 3.63) is 23.8 Å². The summed E-state index contributed by atoms with van der Waals surface area (Å²) in [5.74, 6) is 0. The average molecular weight is 124 g/mol. The molecule has 0 saturated heterocycles. The normalized spacial score (nSPS) is 20.0. The van der Waals surface area contributed by atoms with Crippen LogP contribution in [0.3, 0.4) is 0 Å². The van der Waals surface area contributed by atoms with E-state index >= 15 is 0 Å². The van der Waals surface area contributed by atoms with E-state index in [1.54, 1.807) is 0 Å². The predicted molar refractivity (Wildman–Crippen MR) is 38.1 cm³/mol. The molecule has 1 atom stereocenters. The van der Waals surface area contributed by atoms with Crippen LogP contribution in [0.15, 0.2) is 23.8 Å². The molecule has 1 rings (SSSR count). The van der Waals surface area contributed by atoms with Crippen molar-refractivity contribution < 1.29 is 5.11 Å². The van der Waals surface area contributed by atoms with Gasteiger partial charge in [0, 0.05) is 0 Å². The quantitative estimate of drug-likeness (QED) is 0.593. The molecule has 9 heavy (non-hydrogen) atoms. The molecule has 0 spiro atoms. The Morgan fingerprint density at radius 2 is 2.56 bits per heavy atom. The van der Waals surface area contributed by atoms with E-state index < -0.39 is 0 Å². The minimum absolute atomic E-state index is 0.195. The second kappa shape index (κ2) is 2.83. The van der Waals surface area contributed by atoms with Crippen LogP contribution in [0.2, 0.25) is 0 Å². The largest absolute Gasteiger partial charge is 0.393 e. The van der Waals surface area contributed by atoms with Gasteiger partial charge in [-0.2, -0.15) is 0 Å². The zero-order valence-electron chi connectivity index (χ0n) is 5.67. The van der Waals surface area contributed by atoms with Crippen LogP contribution in [-0.2, 0) is 0 Å². The minimum Gasteiger partial charge on any atom is -0.393 e. The molecule has 0 aromatic rings. The van der Waals surface area contributed by atoms with Crippen LogP contribution in [0, 0.1) is 0 Å². The zero-order chi connectivity index (χ0) is 6.69. The van der Waals surface area contributed by atoms with E-state index in [-0.39, 0.29) is 6.10 Å². The molecule has 50 valence electrons. The number of allylic oxidation sites excluding steroid dienone is 3. The molecule has 1 aliphatic rings. The molecule has 0 saturated carbocycles. The summed E-state index contributed by atoms with van der Waals surface area (Å²) in [6.07, 6.45) is 7.98. The molecular formula is C8H12O. The van der Waals surface area contributed by atoms with Gasteiger partial charge in [0.25, 0.3) is 0 Å². The zero-order valence-corrected chi connectivity index (χ0v) is 5.67. The molecule has 0 amide bonds. The van der Waals surface area contributed by atoms with Gasteiger partial charge in [-0.25, -0.2) is 0 Å². The van der Waals surface area contributed by atoms with E-state index in [2.05, 4.69) is 18.2 Å². The Hall–Kier alpha value is -0.560. The van der Waals surface area contributed by atoms with E-state index in [1.165, 1.54) is 5.57 Å². The monoisotopic (exact) mass is 124 g/mol. The van der Waals surface area contributed by atoms with Crippen molar-refractivity contribution in [1.82, 2.24) is 0 Å². The highest BCUT2D eigenvalue weighted by molar-refractivity contribution is 5.26. The van der Waals surface area contributed by atoms with E-state index in [0.717, 1.165) is 12.8 Å². The first-order valence-electron chi connectivity index (χ1n) is 3.32. The Morgan fingerprint density at radius 1 is 1.78 bits per heavy atom. The fourth-order valence-electron chi connectivity index (χ4n) is 0.999. The van der Waals surface area contributed by atoms with Crippen LogP contribution in [0.1, 0.15) is 19.8 Å². The smallest absolute Gasteiger partial charge is 0.0552 e. The first kappa shape index (κ1) is 6.56. The van der Waals surface area contributed by atoms with E-state index in [1.807, 2.05) is 6.92 Å². The van der Waals surface area contributed by atoms with Crippen molar-refractivity contribution in [2.75, 3.05) is 0 Å². The Labute approximate surface area is 55.7 Å². The van der Waals surface area contributed by atoms with Gasteiger partial charge in [0.1, 0.15) is 0 Å². The lowest BCUT2D eigenvalue weighted by Gasteiger charge is -2.00. The minimum atomic E-state index is -0.195. The molecule has 0 radical (unpaired) electrons. The van der Waals surface area contributed by atoms with Gasteiger partial charge >= 0.3 is 0 Å². The van der Waals surface area contributed by atoms with E-state index in [4.69, 9.17) is 5.11 Å². The fraction of sp³-hybridized carbons (Fsp3) is 0.500. The van der Waals surface area contributed by atoms with Crippen molar-refractivity contribution in [3.8, 4) is 0 Å². The number of hydrogen-bond acceptors (Lipinski definition) is 1. The first-order chi connectivity index (χ1) is 4.29. The van der Waals surface area contributed by atoms with Crippen LogP contribution in [0.4, 0.5) is 0 Å². The lowest BCUT2D eigenvalue weighted by molar-refractivity contribution is 0.196. The van der Waals surface area contributed by atoms with Crippen LogP contribution in [0.25, 0.3) is 0 Å². The summed E-state index contributed by atoms with van der Waals surface area (Å²) in [4.78, 5) is 0. The van der Waals surface area contributed by atoms with Crippen molar-refractivity contribution in [1.29, 1.82) is 0 Å². The number of rotatable bonds is 2. The van der Waals surface area contributed by atoms with Gasteiger partial charge in [-0.05, 0) is 25.3 Å². The molecule has 0 aromatic heterocycles. The van der Waals surface area contributed by atoms with Crippen molar-refractivity contribution in [2.24, 2.45) is 0 Å². The van der Waals surface area contributed by atoms with Gasteiger partial charge < -0.3 is 5.11 Å². The van der Waals surface area contributed by atoms with E-state index in [0.29, 0.717) is 0 Å². The topological polar surface area (TPSA) is 20.2 Å². The summed E-state index contributed by atoms with van der Waals surface area (Å²) in [6.45, 7) is 1.81. The third kappa shape index (κ3) is 2.02. The molecule has 1 heteroatoms. The Morgan fingerprint density at radius 3 is 3.00 bits per heavy atom. The maximum atomic E-state index is 8.94. The van der Waals surface area contributed by atoms with Crippen LogP contribution in [-0.4, -0.2) is 11.2 Å². The van der Waals surface area contributed by atoms with Crippen LogP contribution >= 0.6 is 0 Å². The predicted octanol–water partition coefficient (Wildman–Crippen LogP) is 1.64. The Bertz CT molecular complexity index is 143. The summed E-state index contributed by atoms with van der Waals surface area (Å²) in [7, 11) is 0. The lowest BCUT2D eigenvalue weighted by Crippen LogP contribution is -1.98. The van der Waals surface area contributed by atoms with Gasteiger partial charge in [0.05, 0.1) is 6.10 Å². The molecule has 0 aliphatic heterocycles. The number of aliphatic hydroxyl groups excluding tert-OH is 1. The van der Waals surface area contributed by atoms with Gasteiger partial charge in [-0.1, -0.05) is 18.2 Å². The summed E-state index contributed by atoms with van der Waals surface area (Å²) >= 11 is 0. The summed E-state index contributed by atoms with van der Waals surface area (Å²) in [6, 6.07) is 0. The van der Waals surface area contributed by atoms with Crippen molar-refractivity contribution in [2.45, 2.75) is 25.9 Å². The fourth-order valence-corrected chi connectivity index (χ4v) is 0.999. The molecule has 0 fully saturated rings. The average Bonchev–Trinajstić information content (AvgIpc) is 2.15. The molecule has 1 aliphatic carbocycles. The molecule has 1 N–H and O–H groups in total. The third-order valence-corrected chi connectivity index (χ3v) is 1.38. The molecule has 1 unspecified atom stereocenters. The van der Waals surface area contributed by atoms with Gasteiger partial charge in [0.2, 0.25) is 0 Å². The molecule has 0 aromatic carbocycles. The lowest BCUT2D eigenvalue weighted by atomic mass is 10.1. The molecule has 0 heterocycles. The maximum absolute atomic E-state index is 8.94. The summed E-state index contributed by atoms with van der Waals surface area (Å²) in [5, 5.41) is 8.94. The highest BCUT2D eigenvalue weighted by Gasteiger charge is 2.00. The molecule has 1 nitrogen and oxygen atoms in total. The third-order valence-electron chi connectivity index (χ3n) is 1.38. The van der Waals surface area contributed by atoms with Crippen molar-refractivity contribution >= 4 is 0 Å². The molecular weight excluding hydrogens is 112 g/mol. The second-order valence-corrected chi connectivity index (χ2v) is 2.47. The highest BCUT2D eigenvalue weighted by Crippen LogP contribution is 2.13. The van der Waals surface area contributed by atoms with Gasteiger partial charge in [-0.3, -0.25) is 0 Å². The number of aliphatic hydroxyl groups is 1. The summed E-state index contributed by atoms with van der Waals surface area (Å²) in [5.41, 5.74) is 1.27. The van der Waals surface area contributed by atoms with Crippen LogP contribution < -0.4 is 0 Å². The highest BCUT2D eigenvalue weighted by atomic mass is 16.3.